The molecule has 0 spiro atoms. The standard InChI is InChI=1S/C46H58N4O2/c51-45(47-35-17-13-31(14-18-35)25-27-49-41-21-22-42(49)38-6-2-1-5-37(38)41)29-33-9-11-34(12-10-33)30-46(52)48-36-19-15-32(16-20-36)26-28-50-43-23-24-44(50)40-8-4-3-7-39(40)43/h1-12,31-32,35-36,41-44H,13-30H2,(H,47,51)(H,48,52)/t31?,32?,35?,36?,41-,42+,43-,44?/m1/s1. The molecule has 3 aromatic carbocycles. The lowest BCUT2D eigenvalue weighted by Crippen LogP contribution is -2.39. The van der Waals surface area contributed by atoms with E-state index in [1.807, 2.05) is 24.3 Å². The van der Waals surface area contributed by atoms with Crippen LogP contribution in [-0.2, 0) is 22.4 Å². The molecule has 2 N–H and O–H groups in total. The SMILES string of the molecule is O=C(Cc1ccc(CC(=O)NC2CCC(CCN3[C@@H]4CC[C@H]3c3ccccc34)CC2)cc1)NC1CCC(CCN2C3CC[C@@H]2c2ccccc23)CC1. The summed E-state index contributed by atoms with van der Waals surface area (Å²) in [6.07, 6.45) is 17.9. The number of amides is 2. The van der Waals surface area contributed by atoms with Crippen LogP contribution < -0.4 is 10.6 Å². The Labute approximate surface area is 311 Å². The third-order valence-corrected chi connectivity index (χ3v) is 14.2. The van der Waals surface area contributed by atoms with Gasteiger partial charge in [-0.05, 0) is 148 Å². The minimum Gasteiger partial charge on any atom is -0.353 e. The Morgan fingerprint density at radius 3 is 1.12 bits per heavy atom. The average Bonchev–Trinajstić information content (AvgIpc) is 3.93. The third-order valence-electron chi connectivity index (χ3n) is 14.2. The lowest BCUT2D eigenvalue weighted by molar-refractivity contribution is -0.122. The van der Waals surface area contributed by atoms with Crippen molar-refractivity contribution in [3.63, 3.8) is 0 Å². The fourth-order valence-electron chi connectivity index (χ4n) is 11.5. The summed E-state index contributed by atoms with van der Waals surface area (Å²) in [5.74, 6) is 1.79. The molecular formula is C46H58N4O2. The molecule has 52 heavy (non-hydrogen) atoms. The summed E-state index contributed by atoms with van der Waals surface area (Å²) in [5.41, 5.74) is 8.34. The van der Waals surface area contributed by atoms with Gasteiger partial charge in [0.25, 0.3) is 0 Å². The number of carbonyl (C=O) groups excluding carboxylic acids is 2. The summed E-state index contributed by atoms with van der Waals surface area (Å²) >= 11 is 0. The monoisotopic (exact) mass is 698 g/mol. The van der Waals surface area contributed by atoms with Crippen LogP contribution in [0.3, 0.4) is 0 Å². The van der Waals surface area contributed by atoms with Gasteiger partial charge in [-0.15, -0.1) is 0 Å². The van der Waals surface area contributed by atoms with E-state index in [4.69, 9.17) is 0 Å². The number of nitrogens with one attached hydrogen (secondary N) is 2. The normalized spacial score (nSPS) is 30.6. The van der Waals surface area contributed by atoms with Crippen LogP contribution in [0.25, 0.3) is 0 Å². The van der Waals surface area contributed by atoms with Gasteiger partial charge in [0, 0.05) is 36.3 Å². The molecule has 4 fully saturated rings. The first kappa shape index (κ1) is 34.3. The molecule has 3 aromatic rings. The molecule has 4 heterocycles. The van der Waals surface area contributed by atoms with E-state index in [2.05, 4.69) is 69.0 Å². The third kappa shape index (κ3) is 7.10. The smallest absolute Gasteiger partial charge is 0.224 e. The Morgan fingerprint density at radius 1 is 0.462 bits per heavy atom. The number of hydrogen-bond donors (Lipinski definition) is 2. The molecule has 2 saturated heterocycles. The minimum absolute atomic E-state index is 0.119. The Hall–Kier alpha value is -3.48. The first-order valence-corrected chi connectivity index (χ1v) is 20.9. The summed E-state index contributed by atoms with van der Waals surface area (Å²) in [5, 5.41) is 6.67. The molecule has 2 saturated carbocycles. The minimum atomic E-state index is 0.119. The van der Waals surface area contributed by atoms with Crippen LogP contribution in [0.15, 0.2) is 72.8 Å². The maximum absolute atomic E-state index is 13.0. The highest BCUT2D eigenvalue weighted by Crippen LogP contribution is 2.54. The molecule has 4 atom stereocenters. The van der Waals surface area contributed by atoms with E-state index < -0.39 is 0 Å². The molecule has 6 heteroatoms. The second kappa shape index (κ2) is 15.1. The van der Waals surface area contributed by atoms with Gasteiger partial charge in [-0.25, -0.2) is 0 Å². The predicted molar refractivity (Wildman–Crippen MR) is 207 cm³/mol. The van der Waals surface area contributed by atoms with Crippen molar-refractivity contribution >= 4 is 11.8 Å². The average molecular weight is 699 g/mol. The van der Waals surface area contributed by atoms with E-state index in [9.17, 15) is 9.59 Å². The van der Waals surface area contributed by atoms with Gasteiger partial charge in [0.1, 0.15) is 0 Å². The molecule has 2 aliphatic carbocycles. The number of fused-ring (bicyclic) bond motifs is 10. The summed E-state index contributed by atoms with van der Waals surface area (Å²) in [6, 6.07) is 29.5. The van der Waals surface area contributed by atoms with Crippen LogP contribution >= 0.6 is 0 Å². The van der Waals surface area contributed by atoms with Gasteiger partial charge in [0.15, 0.2) is 0 Å². The zero-order chi connectivity index (χ0) is 35.0. The second-order valence-electron chi connectivity index (χ2n) is 17.3. The zero-order valence-electron chi connectivity index (χ0n) is 31.0. The number of rotatable bonds is 12. The van der Waals surface area contributed by atoms with Gasteiger partial charge in [0.2, 0.25) is 11.8 Å². The number of carbonyl (C=O) groups is 2. The van der Waals surface area contributed by atoms with Crippen molar-refractivity contribution in [3.8, 4) is 0 Å². The van der Waals surface area contributed by atoms with Gasteiger partial charge < -0.3 is 10.6 Å². The van der Waals surface area contributed by atoms with Crippen molar-refractivity contribution in [1.82, 2.24) is 20.4 Å². The molecule has 2 amide bonds. The molecule has 0 aromatic heterocycles. The Bertz CT molecular complexity index is 1530. The van der Waals surface area contributed by atoms with E-state index in [1.54, 1.807) is 22.3 Å². The van der Waals surface area contributed by atoms with Gasteiger partial charge in [-0.2, -0.15) is 0 Å². The Balaban J connectivity index is 0.648. The van der Waals surface area contributed by atoms with E-state index in [0.29, 0.717) is 49.1 Å². The van der Waals surface area contributed by atoms with Crippen molar-refractivity contribution in [2.24, 2.45) is 11.8 Å². The molecule has 6 nitrogen and oxygen atoms in total. The second-order valence-corrected chi connectivity index (χ2v) is 17.3. The Morgan fingerprint density at radius 2 is 0.788 bits per heavy atom. The summed E-state index contributed by atoms with van der Waals surface area (Å²) < 4.78 is 0. The first-order chi connectivity index (χ1) is 25.6. The lowest BCUT2D eigenvalue weighted by Gasteiger charge is -2.31. The quantitative estimate of drug-likeness (QED) is 0.199. The fourth-order valence-corrected chi connectivity index (χ4v) is 11.5. The van der Waals surface area contributed by atoms with E-state index in [-0.39, 0.29) is 11.8 Å². The summed E-state index contributed by atoms with van der Waals surface area (Å²) in [7, 11) is 0. The van der Waals surface area contributed by atoms with Crippen LogP contribution in [0.5, 0.6) is 0 Å². The highest BCUT2D eigenvalue weighted by Gasteiger charge is 2.44. The van der Waals surface area contributed by atoms with Gasteiger partial charge in [-0.1, -0.05) is 72.8 Å². The molecular weight excluding hydrogens is 641 g/mol. The molecule has 4 aliphatic heterocycles. The van der Waals surface area contributed by atoms with Gasteiger partial charge >= 0.3 is 0 Å². The topological polar surface area (TPSA) is 64.7 Å². The molecule has 0 radical (unpaired) electrons. The maximum Gasteiger partial charge on any atom is 0.224 e. The molecule has 6 aliphatic rings. The lowest BCUT2D eigenvalue weighted by atomic mass is 9.84. The van der Waals surface area contributed by atoms with Crippen LogP contribution in [0.2, 0.25) is 0 Å². The van der Waals surface area contributed by atoms with Crippen molar-refractivity contribution < 1.29 is 9.59 Å². The molecule has 274 valence electrons. The molecule has 9 rings (SSSR count). The summed E-state index contributed by atoms with van der Waals surface area (Å²) in [6.45, 7) is 2.42. The first-order valence-electron chi connectivity index (χ1n) is 20.9. The highest BCUT2D eigenvalue weighted by molar-refractivity contribution is 5.80. The maximum atomic E-state index is 13.0. The highest BCUT2D eigenvalue weighted by atomic mass is 16.2. The van der Waals surface area contributed by atoms with E-state index in [1.165, 1.54) is 77.3 Å². The van der Waals surface area contributed by atoms with E-state index >= 15 is 0 Å². The van der Waals surface area contributed by atoms with Crippen molar-refractivity contribution in [1.29, 1.82) is 0 Å². The molecule has 1 unspecified atom stereocenters. The zero-order valence-corrected chi connectivity index (χ0v) is 31.0. The van der Waals surface area contributed by atoms with Crippen molar-refractivity contribution in [2.75, 3.05) is 13.1 Å². The van der Waals surface area contributed by atoms with Crippen molar-refractivity contribution in [3.05, 3.63) is 106 Å². The van der Waals surface area contributed by atoms with Crippen LogP contribution in [0.1, 0.15) is 147 Å². The number of benzene rings is 3. The Kier molecular flexibility index (Phi) is 9.96. The molecule has 4 bridgehead atoms. The number of nitrogens with zero attached hydrogens (tertiary/aromatic N) is 2. The van der Waals surface area contributed by atoms with Gasteiger partial charge in [-0.3, -0.25) is 19.4 Å². The number of hydrogen-bond acceptors (Lipinski definition) is 4. The van der Waals surface area contributed by atoms with Crippen LogP contribution in [-0.4, -0.2) is 46.8 Å². The van der Waals surface area contributed by atoms with Gasteiger partial charge in [0.05, 0.1) is 12.8 Å². The largest absolute Gasteiger partial charge is 0.353 e. The van der Waals surface area contributed by atoms with Crippen LogP contribution in [0, 0.1) is 11.8 Å². The summed E-state index contributed by atoms with van der Waals surface area (Å²) in [4.78, 5) is 31.5. The predicted octanol–water partition coefficient (Wildman–Crippen LogP) is 8.69. The fraction of sp³-hybridized carbons (Fsp3) is 0.565. The van der Waals surface area contributed by atoms with E-state index in [0.717, 1.165) is 48.6 Å². The van der Waals surface area contributed by atoms with Crippen LogP contribution in [0.4, 0.5) is 0 Å². The van der Waals surface area contributed by atoms with Crippen molar-refractivity contribution in [2.45, 2.75) is 139 Å².